The first-order chi connectivity index (χ1) is 4.29. The van der Waals surface area contributed by atoms with Crippen LogP contribution in [-0.2, 0) is 0 Å². The van der Waals surface area contributed by atoms with Crippen molar-refractivity contribution in [3.63, 3.8) is 0 Å². The van der Waals surface area contributed by atoms with Crippen molar-refractivity contribution in [2.75, 3.05) is 0 Å². The molecule has 1 atom stereocenters. The van der Waals surface area contributed by atoms with Crippen LogP contribution in [0, 0.1) is 0 Å². The van der Waals surface area contributed by atoms with Crippen LogP contribution in [0.25, 0.3) is 0 Å². The third-order valence-corrected chi connectivity index (χ3v) is 2.11. The van der Waals surface area contributed by atoms with Gasteiger partial charge in [0.15, 0.2) is 0 Å². The van der Waals surface area contributed by atoms with Crippen LogP contribution >= 0.6 is 11.6 Å². The lowest BCUT2D eigenvalue weighted by atomic mass is 10.2. The van der Waals surface area contributed by atoms with E-state index in [1.165, 1.54) is 31.3 Å². The SMILES string of the molecule is CC1=CC(Cl)CCCC1. The molecule has 1 heteroatoms. The Labute approximate surface area is 61.9 Å². The van der Waals surface area contributed by atoms with Crippen molar-refractivity contribution in [1.29, 1.82) is 0 Å². The van der Waals surface area contributed by atoms with Crippen molar-refractivity contribution < 1.29 is 0 Å². The zero-order valence-electron chi connectivity index (χ0n) is 5.86. The molecule has 0 aliphatic heterocycles. The minimum atomic E-state index is 0.312. The summed E-state index contributed by atoms with van der Waals surface area (Å²) >= 11 is 5.94. The molecular weight excluding hydrogens is 132 g/mol. The molecule has 0 nitrogen and oxygen atoms in total. The van der Waals surface area contributed by atoms with Crippen LogP contribution in [-0.4, -0.2) is 5.38 Å². The van der Waals surface area contributed by atoms with E-state index in [1.807, 2.05) is 0 Å². The van der Waals surface area contributed by atoms with Crippen LogP contribution in [0.2, 0.25) is 0 Å². The molecular formula is C8H13Cl. The number of hydrogen-bond donors (Lipinski definition) is 0. The fraction of sp³-hybridized carbons (Fsp3) is 0.750. The molecule has 0 amide bonds. The first kappa shape index (κ1) is 7.14. The maximum absolute atomic E-state index is 5.94. The van der Waals surface area contributed by atoms with Crippen LogP contribution in [0.5, 0.6) is 0 Å². The third-order valence-electron chi connectivity index (χ3n) is 1.77. The van der Waals surface area contributed by atoms with Crippen molar-refractivity contribution in [2.45, 2.75) is 38.0 Å². The van der Waals surface area contributed by atoms with Crippen LogP contribution in [0.1, 0.15) is 32.6 Å². The average Bonchev–Trinajstić information content (AvgIpc) is 1.93. The quantitative estimate of drug-likeness (QED) is 0.362. The van der Waals surface area contributed by atoms with Crippen LogP contribution in [0.15, 0.2) is 11.6 Å². The Kier molecular flexibility index (Phi) is 2.59. The maximum Gasteiger partial charge on any atom is 0.0518 e. The molecule has 0 spiro atoms. The van der Waals surface area contributed by atoms with Gasteiger partial charge < -0.3 is 0 Å². The highest BCUT2D eigenvalue weighted by Crippen LogP contribution is 2.19. The number of hydrogen-bond acceptors (Lipinski definition) is 0. The fourth-order valence-corrected chi connectivity index (χ4v) is 1.59. The van der Waals surface area contributed by atoms with Gasteiger partial charge in [-0.15, -0.1) is 11.6 Å². The van der Waals surface area contributed by atoms with E-state index in [4.69, 9.17) is 11.6 Å². The molecule has 1 aliphatic rings. The Morgan fingerprint density at radius 2 is 2.33 bits per heavy atom. The predicted octanol–water partition coefficient (Wildman–Crippen LogP) is 3.11. The highest BCUT2D eigenvalue weighted by molar-refractivity contribution is 6.21. The smallest absolute Gasteiger partial charge is 0.0518 e. The van der Waals surface area contributed by atoms with Gasteiger partial charge >= 0.3 is 0 Å². The Morgan fingerprint density at radius 3 is 3.11 bits per heavy atom. The molecule has 0 bridgehead atoms. The summed E-state index contributed by atoms with van der Waals surface area (Å²) in [5.41, 5.74) is 1.47. The summed E-state index contributed by atoms with van der Waals surface area (Å²) in [4.78, 5) is 0. The second-order valence-electron chi connectivity index (χ2n) is 2.77. The second-order valence-corrected chi connectivity index (χ2v) is 3.34. The lowest BCUT2D eigenvalue weighted by molar-refractivity contribution is 0.714. The first-order valence-electron chi connectivity index (χ1n) is 3.60. The van der Waals surface area contributed by atoms with Gasteiger partial charge in [0.05, 0.1) is 5.38 Å². The summed E-state index contributed by atoms with van der Waals surface area (Å²) in [6, 6.07) is 0. The number of halogens is 1. The maximum atomic E-state index is 5.94. The van der Waals surface area contributed by atoms with Gasteiger partial charge in [0, 0.05) is 0 Å². The molecule has 0 aromatic rings. The molecule has 0 N–H and O–H groups in total. The van der Waals surface area contributed by atoms with Crippen molar-refractivity contribution in [2.24, 2.45) is 0 Å². The molecule has 1 unspecified atom stereocenters. The number of allylic oxidation sites excluding steroid dienone is 2. The van der Waals surface area contributed by atoms with E-state index in [-0.39, 0.29) is 0 Å². The van der Waals surface area contributed by atoms with Crippen LogP contribution < -0.4 is 0 Å². The monoisotopic (exact) mass is 144 g/mol. The minimum Gasteiger partial charge on any atom is -0.118 e. The van der Waals surface area contributed by atoms with Crippen LogP contribution in [0.4, 0.5) is 0 Å². The standard InChI is InChI=1S/C8H13Cl/c1-7-4-2-3-5-8(9)6-7/h6,8H,2-5H2,1H3. The van der Waals surface area contributed by atoms with E-state index in [0.29, 0.717) is 5.38 Å². The lowest BCUT2D eigenvalue weighted by Gasteiger charge is -1.97. The normalized spacial score (nSPS) is 29.1. The lowest BCUT2D eigenvalue weighted by Crippen LogP contribution is -1.89. The molecule has 0 fully saturated rings. The zero-order chi connectivity index (χ0) is 6.69. The molecule has 0 heterocycles. The highest BCUT2D eigenvalue weighted by atomic mass is 35.5. The summed E-state index contributed by atoms with van der Waals surface area (Å²) < 4.78 is 0. The zero-order valence-corrected chi connectivity index (χ0v) is 6.62. The Bertz CT molecular complexity index is 116. The number of alkyl halides is 1. The summed E-state index contributed by atoms with van der Waals surface area (Å²) in [6.07, 6.45) is 7.23. The Balaban J connectivity index is 2.49. The first-order valence-corrected chi connectivity index (χ1v) is 4.04. The van der Waals surface area contributed by atoms with Gasteiger partial charge in [0.1, 0.15) is 0 Å². The van der Waals surface area contributed by atoms with Gasteiger partial charge in [-0.25, -0.2) is 0 Å². The molecule has 52 valence electrons. The highest BCUT2D eigenvalue weighted by Gasteiger charge is 2.05. The molecule has 0 radical (unpaired) electrons. The second kappa shape index (κ2) is 3.26. The summed E-state index contributed by atoms with van der Waals surface area (Å²) in [7, 11) is 0. The van der Waals surface area contributed by atoms with E-state index < -0.39 is 0 Å². The summed E-state index contributed by atoms with van der Waals surface area (Å²) in [6.45, 7) is 2.17. The number of rotatable bonds is 0. The molecule has 0 saturated heterocycles. The molecule has 9 heavy (non-hydrogen) atoms. The summed E-state index contributed by atoms with van der Waals surface area (Å²) in [5, 5.41) is 0.312. The van der Waals surface area contributed by atoms with Gasteiger partial charge in [-0.05, 0) is 26.2 Å². The molecule has 0 aromatic carbocycles. The Morgan fingerprint density at radius 1 is 1.56 bits per heavy atom. The molecule has 0 aromatic heterocycles. The predicted molar refractivity (Wildman–Crippen MR) is 41.9 cm³/mol. The van der Waals surface area contributed by atoms with Gasteiger partial charge in [-0.1, -0.05) is 18.1 Å². The van der Waals surface area contributed by atoms with Gasteiger partial charge in [0.2, 0.25) is 0 Å². The fourth-order valence-electron chi connectivity index (χ4n) is 1.22. The van der Waals surface area contributed by atoms with Gasteiger partial charge in [0.25, 0.3) is 0 Å². The minimum absolute atomic E-state index is 0.312. The Hall–Kier alpha value is 0.0300. The largest absolute Gasteiger partial charge is 0.118 e. The van der Waals surface area contributed by atoms with E-state index in [9.17, 15) is 0 Å². The van der Waals surface area contributed by atoms with Crippen molar-refractivity contribution >= 4 is 11.6 Å². The van der Waals surface area contributed by atoms with Crippen molar-refractivity contribution in [1.82, 2.24) is 0 Å². The van der Waals surface area contributed by atoms with Crippen LogP contribution in [0.3, 0.4) is 0 Å². The average molecular weight is 145 g/mol. The van der Waals surface area contributed by atoms with Gasteiger partial charge in [-0.3, -0.25) is 0 Å². The van der Waals surface area contributed by atoms with Gasteiger partial charge in [-0.2, -0.15) is 0 Å². The van der Waals surface area contributed by atoms with Crippen molar-refractivity contribution in [3.05, 3.63) is 11.6 Å². The third kappa shape index (κ3) is 2.40. The summed E-state index contributed by atoms with van der Waals surface area (Å²) in [5.74, 6) is 0. The molecule has 0 saturated carbocycles. The molecule has 1 rings (SSSR count). The topological polar surface area (TPSA) is 0 Å². The van der Waals surface area contributed by atoms with Crippen molar-refractivity contribution in [3.8, 4) is 0 Å². The van der Waals surface area contributed by atoms with E-state index in [2.05, 4.69) is 13.0 Å². The van der Waals surface area contributed by atoms with E-state index in [1.54, 1.807) is 0 Å². The van der Waals surface area contributed by atoms with E-state index >= 15 is 0 Å². The molecule has 1 aliphatic carbocycles. The van der Waals surface area contributed by atoms with E-state index in [0.717, 1.165) is 0 Å².